The van der Waals surface area contributed by atoms with Crippen LogP contribution in [0.15, 0.2) is 22.5 Å². The van der Waals surface area contributed by atoms with E-state index in [0.29, 0.717) is 12.1 Å². The van der Waals surface area contributed by atoms with E-state index in [0.717, 1.165) is 38.2 Å². The number of halogens is 1. The Bertz CT molecular complexity index is 538. The second-order valence-electron chi connectivity index (χ2n) is 7.32. The molecule has 26 heavy (non-hydrogen) atoms. The topological polar surface area (TPSA) is 42.9 Å². The smallest absolute Gasteiger partial charge is 0.191 e. The molecule has 0 spiro atoms. The van der Waals surface area contributed by atoms with Gasteiger partial charge in [-0.3, -0.25) is 9.89 Å². The standard InChI is InChI=1S/C19H33N5S.HI/c1-4-20-19(21-14-15(2)23(3)17-7-8-17)22-16-9-11-24(12-10-16)18-6-5-13-25-18;/h5-6,13,15-17H,4,7-12,14H2,1-3H3,(H2,20,21,22);1H. The highest BCUT2D eigenvalue weighted by Gasteiger charge is 2.29. The molecule has 2 aliphatic rings. The van der Waals surface area contributed by atoms with E-state index in [1.807, 2.05) is 11.3 Å². The molecule has 1 aliphatic carbocycles. The molecule has 7 heteroatoms. The summed E-state index contributed by atoms with van der Waals surface area (Å²) >= 11 is 1.84. The lowest BCUT2D eigenvalue weighted by Gasteiger charge is -2.33. The van der Waals surface area contributed by atoms with Crippen LogP contribution in [0.5, 0.6) is 0 Å². The summed E-state index contributed by atoms with van der Waals surface area (Å²) < 4.78 is 0. The Morgan fingerprint density at radius 2 is 2.08 bits per heavy atom. The highest BCUT2D eigenvalue weighted by Crippen LogP contribution is 2.27. The third-order valence-corrected chi connectivity index (χ3v) is 6.26. The summed E-state index contributed by atoms with van der Waals surface area (Å²) in [7, 11) is 2.23. The maximum atomic E-state index is 4.85. The zero-order chi connectivity index (χ0) is 17.6. The summed E-state index contributed by atoms with van der Waals surface area (Å²) in [5.41, 5.74) is 0. The molecule has 1 saturated carbocycles. The summed E-state index contributed by atoms with van der Waals surface area (Å²) in [4.78, 5) is 9.83. The number of thiophene rings is 1. The van der Waals surface area contributed by atoms with Crippen LogP contribution in [-0.2, 0) is 0 Å². The molecular formula is C19H34IN5S. The summed E-state index contributed by atoms with van der Waals surface area (Å²) in [6, 6.07) is 6.18. The van der Waals surface area contributed by atoms with Crippen LogP contribution in [0.1, 0.15) is 39.5 Å². The van der Waals surface area contributed by atoms with Crippen LogP contribution in [-0.4, -0.2) is 62.2 Å². The molecule has 0 radical (unpaired) electrons. The van der Waals surface area contributed by atoms with Crippen molar-refractivity contribution in [1.29, 1.82) is 0 Å². The number of aliphatic imine (C=N–C) groups is 1. The molecule has 1 atom stereocenters. The molecular weight excluding hydrogens is 457 g/mol. The fourth-order valence-electron chi connectivity index (χ4n) is 3.40. The zero-order valence-corrected chi connectivity index (χ0v) is 19.4. The van der Waals surface area contributed by atoms with Gasteiger partial charge in [0.15, 0.2) is 5.96 Å². The number of piperidine rings is 1. The fourth-order valence-corrected chi connectivity index (χ4v) is 4.19. The molecule has 2 N–H and O–H groups in total. The number of nitrogens with one attached hydrogen (secondary N) is 2. The Kier molecular flexibility index (Phi) is 8.96. The van der Waals surface area contributed by atoms with Crippen LogP contribution in [0.25, 0.3) is 0 Å². The zero-order valence-electron chi connectivity index (χ0n) is 16.3. The van der Waals surface area contributed by atoms with Crippen LogP contribution < -0.4 is 15.5 Å². The lowest BCUT2D eigenvalue weighted by Crippen LogP contribution is -2.49. The average molecular weight is 491 g/mol. The van der Waals surface area contributed by atoms with Crippen LogP contribution in [0.3, 0.4) is 0 Å². The van der Waals surface area contributed by atoms with Gasteiger partial charge in [-0.25, -0.2) is 0 Å². The molecule has 2 heterocycles. The maximum absolute atomic E-state index is 4.85. The van der Waals surface area contributed by atoms with Gasteiger partial charge in [0.25, 0.3) is 0 Å². The number of hydrogen-bond acceptors (Lipinski definition) is 4. The molecule has 2 fully saturated rings. The molecule has 0 aromatic carbocycles. The van der Waals surface area contributed by atoms with Crippen molar-refractivity contribution < 1.29 is 0 Å². The normalized spacial score (nSPS) is 20.0. The van der Waals surface area contributed by atoms with Crippen LogP contribution in [0, 0.1) is 0 Å². The average Bonchev–Trinajstić information content (AvgIpc) is 3.34. The van der Waals surface area contributed by atoms with Gasteiger partial charge in [-0.15, -0.1) is 35.3 Å². The van der Waals surface area contributed by atoms with Gasteiger partial charge in [-0.05, 0) is 64.1 Å². The van der Waals surface area contributed by atoms with Crippen molar-refractivity contribution in [3.05, 3.63) is 17.5 Å². The minimum Gasteiger partial charge on any atom is -0.363 e. The van der Waals surface area contributed by atoms with E-state index in [9.17, 15) is 0 Å². The quantitative estimate of drug-likeness (QED) is 0.349. The predicted molar refractivity (Wildman–Crippen MR) is 124 cm³/mol. The van der Waals surface area contributed by atoms with E-state index in [1.54, 1.807) is 0 Å². The van der Waals surface area contributed by atoms with Crippen molar-refractivity contribution in [3.63, 3.8) is 0 Å². The summed E-state index contributed by atoms with van der Waals surface area (Å²) in [6.07, 6.45) is 5.04. The number of likely N-dealkylation sites (N-methyl/N-ethyl adjacent to an activating group) is 1. The van der Waals surface area contributed by atoms with Crippen molar-refractivity contribution in [2.45, 2.75) is 57.7 Å². The van der Waals surface area contributed by atoms with E-state index < -0.39 is 0 Å². The first kappa shape index (κ1) is 21.8. The third kappa shape index (κ3) is 6.27. The molecule has 5 nitrogen and oxygen atoms in total. The molecule has 1 aromatic heterocycles. The van der Waals surface area contributed by atoms with E-state index in [-0.39, 0.29) is 24.0 Å². The second kappa shape index (κ2) is 10.7. The van der Waals surface area contributed by atoms with Gasteiger partial charge >= 0.3 is 0 Å². The lowest BCUT2D eigenvalue weighted by molar-refractivity contribution is 0.253. The summed E-state index contributed by atoms with van der Waals surface area (Å²) in [5, 5.41) is 10.6. The first-order chi connectivity index (χ1) is 12.2. The van der Waals surface area contributed by atoms with E-state index in [4.69, 9.17) is 4.99 Å². The van der Waals surface area contributed by atoms with Gasteiger partial charge in [0.1, 0.15) is 0 Å². The van der Waals surface area contributed by atoms with Crippen LogP contribution >= 0.6 is 35.3 Å². The van der Waals surface area contributed by atoms with Crippen molar-refractivity contribution in [2.75, 3.05) is 38.1 Å². The van der Waals surface area contributed by atoms with Gasteiger partial charge in [0.2, 0.25) is 0 Å². The van der Waals surface area contributed by atoms with E-state index in [2.05, 4.69) is 58.8 Å². The monoisotopic (exact) mass is 491 g/mol. The number of rotatable bonds is 7. The highest BCUT2D eigenvalue weighted by atomic mass is 127. The lowest BCUT2D eigenvalue weighted by atomic mass is 10.1. The Hall–Kier alpha value is -0.540. The predicted octanol–water partition coefficient (Wildman–Crippen LogP) is 3.37. The van der Waals surface area contributed by atoms with Crippen LogP contribution in [0.2, 0.25) is 0 Å². The SMILES string of the molecule is CCNC(=NCC(C)N(C)C1CC1)NC1CCN(c2cccs2)CC1.I. The summed E-state index contributed by atoms with van der Waals surface area (Å²) in [6.45, 7) is 8.43. The van der Waals surface area contributed by atoms with E-state index in [1.165, 1.54) is 30.7 Å². The molecule has 148 valence electrons. The Balaban J connectivity index is 0.00000243. The molecule has 0 amide bonds. The Labute approximate surface area is 179 Å². The van der Waals surface area contributed by atoms with Crippen molar-refractivity contribution in [1.82, 2.24) is 15.5 Å². The van der Waals surface area contributed by atoms with Gasteiger partial charge in [0, 0.05) is 37.8 Å². The summed E-state index contributed by atoms with van der Waals surface area (Å²) in [5.74, 6) is 0.980. The molecule has 1 aliphatic heterocycles. The first-order valence-corrected chi connectivity index (χ1v) is 10.6. The van der Waals surface area contributed by atoms with Gasteiger partial charge in [-0.2, -0.15) is 0 Å². The minimum absolute atomic E-state index is 0. The fraction of sp³-hybridized carbons (Fsp3) is 0.737. The molecule has 0 bridgehead atoms. The van der Waals surface area contributed by atoms with Gasteiger partial charge in [0.05, 0.1) is 11.5 Å². The van der Waals surface area contributed by atoms with Gasteiger partial charge < -0.3 is 15.5 Å². The second-order valence-corrected chi connectivity index (χ2v) is 8.25. The number of hydrogen-bond donors (Lipinski definition) is 2. The number of anilines is 1. The maximum Gasteiger partial charge on any atom is 0.191 e. The van der Waals surface area contributed by atoms with Crippen molar-refractivity contribution >= 4 is 46.3 Å². The van der Waals surface area contributed by atoms with Crippen LogP contribution in [0.4, 0.5) is 5.00 Å². The minimum atomic E-state index is 0. The first-order valence-electron chi connectivity index (χ1n) is 9.72. The number of nitrogens with zero attached hydrogens (tertiary/aromatic N) is 3. The van der Waals surface area contributed by atoms with E-state index >= 15 is 0 Å². The third-order valence-electron chi connectivity index (χ3n) is 5.33. The number of guanidine groups is 1. The molecule has 1 unspecified atom stereocenters. The molecule has 1 aromatic rings. The molecule has 1 saturated heterocycles. The van der Waals surface area contributed by atoms with Crippen molar-refractivity contribution in [2.24, 2.45) is 4.99 Å². The Morgan fingerprint density at radius 3 is 2.65 bits per heavy atom. The molecule has 3 rings (SSSR count). The largest absolute Gasteiger partial charge is 0.363 e. The Morgan fingerprint density at radius 1 is 1.35 bits per heavy atom. The van der Waals surface area contributed by atoms with Gasteiger partial charge in [-0.1, -0.05) is 0 Å². The highest BCUT2D eigenvalue weighted by molar-refractivity contribution is 14.0. The van der Waals surface area contributed by atoms with Crippen molar-refractivity contribution in [3.8, 4) is 0 Å².